The quantitative estimate of drug-likeness (QED) is 0.796. The van der Waals surface area contributed by atoms with Crippen LogP contribution in [0, 0.1) is 0 Å². The van der Waals surface area contributed by atoms with Gasteiger partial charge >= 0.3 is 0 Å². The first-order valence-corrected chi connectivity index (χ1v) is 7.35. The molecule has 0 aliphatic carbocycles. The summed E-state index contributed by atoms with van der Waals surface area (Å²) in [6.07, 6.45) is 0.648. The molecule has 108 valence electrons. The zero-order valence-corrected chi connectivity index (χ0v) is 12.6. The van der Waals surface area contributed by atoms with Crippen molar-refractivity contribution in [3.8, 4) is 0 Å². The van der Waals surface area contributed by atoms with Gasteiger partial charge in [0.2, 0.25) is 5.91 Å². The van der Waals surface area contributed by atoms with Crippen LogP contribution in [0.4, 0.5) is 0 Å². The lowest BCUT2D eigenvalue weighted by atomic mass is 10.1. The molecule has 21 heavy (non-hydrogen) atoms. The van der Waals surface area contributed by atoms with Crippen molar-refractivity contribution in [2.45, 2.75) is 12.8 Å². The van der Waals surface area contributed by atoms with Crippen LogP contribution >= 0.6 is 11.3 Å². The predicted octanol–water partition coefficient (Wildman–Crippen LogP) is 1.28. The summed E-state index contributed by atoms with van der Waals surface area (Å²) in [7, 11) is 3.43. The summed E-state index contributed by atoms with van der Waals surface area (Å²) >= 11 is 1.46. The molecule has 0 fully saturated rings. The fourth-order valence-corrected chi connectivity index (χ4v) is 3.18. The highest BCUT2D eigenvalue weighted by Gasteiger charge is 2.21. The Morgan fingerprint density at radius 1 is 1.29 bits per heavy atom. The van der Waals surface area contributed by atoms with E-state index in [0.29, 0.717) is 23.4 Å². The highest BCUT2D eigenvalue weighted by Crippen LogP contribution is 2.15. The maximum absolute atomic E-state index is 12.2. The lowest BCUT2D eigenvalue weighted by Gasteiger charge is -2.17. The minimum atomic E-state index is -0.378. The molecule has 0 unspecified atom stereocenters. The van der Waals surface area contributed by atoms with Crippen molar-refractivity contribution in [1.29, 1.82) is 0 Å². The van der Waals surface area contributed by atoms with E-state index >= 15 is 0 Å². The van der Waals surface area contributed by atoms with Gasteiger partial charge in [-0.15, -0.1) is 0 Å². The van der Waals surface area contributed by atoms with Crippen LogP contribution in [0.3, 0.4) is 0 Å². The molecule has 0 N–H and O–H groups in total. The van der Waals surface area contributed by atoms with E-state index in [2.05, 4.69) is 10.1 Å². The minimum Gasteiger partial charge on any atom is -0.319 e. The number of aromatic nitrogens is 1. The number of hydrogen-bond donors (Lipinski definition) is 0. The molecule has 2 heterocycles. The number of amides is 2. The number of aryl methyl sites for hydroxylation is 1. The molecule has 3 rings (SSSR count). The molecule has 2 aromatic rings. The van der Waals surface area contributed by atoms with Gasteiger partial charge in [-0.05, 0) is 12.1 Å². The van der Waals surface area contributed by atoms with Gasteiger partial charge in [0, 0.05) is 26.9 Å². The van der Waals surface area contributed by atoms with Crippen molar-refractivity contribution in [2.24, 2.45) is 17.1 Å². The Hall–Kier alpha value is -2.28. The molecule has 0 saturated heterocycles. The van der Waals surface area contributed by atoms with Crippen molar-refractivity contribution >= 4 is 39.1 Å². The number of para-hydroxylation sites is 1. The van der Waals surface area contributed by atoms with Crippen molar-refractivity contribution in [3.63, 3.8) is 0 Å². The Morgan fingerprint density at radius 2 is 2.05 bits per heavy atom. The molecule has 1 aromatic carbocycles. The van der Waals surface area contributed by atoms with E-state index in [1.807, 2.05) is 35.9 Å². The van der Waals surface area contributed by atoms with E-state index < -0.39 is 0 Å². The van der Waals surface area contributed by atoms with Gasteiger partial charge in [-0.25, -0.2) is 5.01 Å². The summed E-state index contributed by atoms with van der Waals surface area (Å²) in [6.45, 7) is 0. The first-order chi connectivity index (χ1) is 10.1. The van der Waals surface area contributed by atoms with Crippen LogP contribution in [0.15, 0.2) is 34.4 Å². The Morgan fingerprint density at radius 3 is 2.76 bits per heavy atom. The molecule has 1 aliphatic heterocycles. The molecular formula is C14H14N4O2S. The number of hydrazone groups is 1. The van der Waals surface area contributed by atoms with Crippen LogP contribution < -0.4 is 4.80 Å². The van der Waals surface area contributed by atoms with Crippen LogP contribution in [0.1, 0.15) is 12.8 Å². The van der Waals surface area contributed by atoms with Crippen LogP contribution in [-0.2, 0) is 16.6 Å². The summed E-state index contributed by atoms with van der Waals surface area (Å²) in [5, 5.41) is 5.20. The average Bonchev–Trinajstić information content (AvgIpc) is 2.79. The molecule has 2 amide bonds. The van der Waals surface area contributed by atoms with E-state index in [4.69, 9.17) is 0 Å². The number of carbonyl (C=O) groups is 2. The summed E-state index contributed by atoms with van der Waals surface area (Å²) in [4.78, 5) is 28.4. The van der Waals surface area contributed by atoms with Gasteiger partial charge in [-0.2, -0.15) is 10.1 Å². The Bertz CT molecular complexity index is 831. The van der Waals surface area contributed by atoms with Crippen molar-refractivity contribution in [1.82, 2.24) is 9.58 Å². The smallest absolute Gasteiger partial charge is 0.295 e. The molecule has 1 aliphatic rings. The van der Waals surface area contributed by atoms with Crippen LogP contribution in [0.5, 0.6) is 0 Å². The standard InChI is InChI=1S/C14H14N4O2S/c1-17-10-5-3-4-6-11(10)21-14(17)15-13(20)9-7-8-12(19)18(2)16-9/h3-6H,7-8H2,1-2H3. The third-order valence-corrected chi connectivity index (χ3v) is 4.48. The summed E-state index contributed by atoms with van der Waals surface area (Å²) in [5.41, 5.74) is 1.36. The number of hydrogen-bond acceptors (Lipinski definition) is 4. The topological polar surface area (TPSA) is 67.0 Å². The van der Waals surface area contributed by atoms with Crippen molar-refractivity contribution in [2.75, 3.05) is 7.05 Å². The minimum absolute atomic E-state index is 0.0843. The Balaban J connectivity index is 2.00. The maximum atomic E-state index is 12.2. The molecule has 7 heteroatoms. The molecule has 1 aromatic heterocycles. The first-order valence-electron chi connectivity index (χ1n) is 6.54. The first kappa shape index (κ1) is 13.7. The van der Waals surface area contributed by atoms with Gasteiger partial charge in [0.25, 0.3) is 5.91 Å². The number of nitrogens with zero attached hydrogens (tertiary/aromatic N) is 4. The van der Waals surface area contributed by atoms with E-state index in [1.54, 1.807) is 7.05 Å². The lowest BCUT2D eigenvalue weighted by molar-refractivity contribution is -0.130. The summed E-state index contributed by atoms with van der Waals surface area (Å²) in [5.74, 6) is -0.463. The van der Waals surface area contributed by atoms with Gasteiger partial charge in [0.05, 0.1) is 10.2 Å². The van der Waals surface area contributed by atoms with Crippen LogP contribution in [0.2, 0.25) is 0 Å². The monoisotopic (exact) mass is 302 g/mol. The third-order valence-electron chi connectivity index (χ3n) is 3.37. The molecular weight excluding hydrogens is 288 g/mol. The van der Waals surface area contributed by atoms with Gasteiger partial charge < -0.3 is 4.57 Å². The van der Waals surface area contributed by atoms with E-state index in [1.165, 1.54) is 16.3 Å². The fraction of sp³-hybridized carbons (Fsp3) is 0.286. The second-order valence-electron chi connectivity index (χ2n) is 4.79. The Kier molecular flexibility index (Phi) is 3.42. The second-order valence-corrected chi connectivity index (χ2v) is 5.80. The zero-order chi connectivity index (χ0) is 15.0. The number of fused-ring (bicyclic) bond motifs is 1. The van der Waals surface area contributed by atoms with Crippen molar-refractivity contribution in [3.05, 3.63) is 29.1 Å². The average molecular weight is 302 g/mol. The summed E-state index contributed by atoms with van der Waals surface area (Å²) in [6, 6.07) is 7.89. The van der Waals surface area contributed by atoms with Crippen LogP contribution in [-0.4, -0.2) is 34.1 Å². The SMILES string of the molecule is CN1N=C(C(=O)N=c2sc3ccccc3n2C)CCC1=O. The second kappa shape index (κ2) is 5.25. The van der Waals surface area contributed by atoms with E-state index in [0.717, 1.165) is 10.2 Å². The van der Waals surface area contributed by atoms with Gasteiger partial charge in [0.15, 0.2) is 4.80 Å². The molecule has 0 bridgehead atoms. The van der Waals surface area contributed by atoms with Gasteiger partial charge in [-0.3, -0.25) is 9.59 Å². The summed E-state index contributed by atoms with van der Waals surface area (Å²) < 4.78 is 2.96. The third kappa shape index (κ3) is 2.52. The van der Waals surface area contributed by atoms with Crippen molar-refractivity contribution < 1.29 is 9.59 Å². The fourth-order valence-electron chi connectivity index (χ4n) is 2.16. The largest absolute Gasteiger partial charge is 0.319 e. The number of thiazole rings is 1. The predicted molar refractivity (Wildman–Crippen MR) is 80.8 cm³/mol. The molecule has 0 saturated carbocycles. The van der Waals surface area contributed by atoms with E-state index in [-0.39, 0.29) is 11.8 Å². The number of benzene rings is 1. The van der Waals surface area contributed by atoms with E-state index in [9.17, 15) is 9.59 Å². The number of rotatable bonds is 1. The highest BCUT2D eigenvalue weighted by molar-refractivity contribution is 7.16. The number of carbonyl (C=O) groups excluding carboxylic acids is 2. The lowest BCUT2D eigenvalue weighted by Crippen LogP contribution is -2.31. The molecule has 0 spiro atoms. The molecule has 0 atom stereocenters. The maximum Gasteiger partial charge on any atom is 0.295 e. The zero-order valence-electron chi connectivity index (χ0n) is 11.7. The van der Waals surface area contributed by atoms with Crippen LogP contribution in [0.25, 0.3) is 10.2 Å². The highest BCUT2D eigenvalue weighted by atomic mass is 32.1. The Labute approximate surface area is 125 Å². The normalized spacial score (nSPS) is 16.5. The van der Waals surface area contributed by atoms with Gasteiger partial charge in [-0.1, -0.05) is 23.5 Å². The molecule has 6 nitrogen and oxygen atoms in total. The molecule has 0 radical (unpaired) electrons. The van der Waals surface area contributed by atoms with Gasteiger partial charge in [0.1, 0.15) is 5.71 Å².